The average Bonchev–Trinajstić information content (AvgIpc) is 2.18. The van der Waals surface area contributed by atoms with E-state index >= 15 is 0 Å². The number of hydrazine groups is 1. The van der Waals surface area contributed by atoms with Gasteiger partial charge in [-0.3, -0.25) is 16.0 Å². The quantitative estimate of drug-likeness (QED) is 0.427. The molecule has 0 aliphatic rings. The molecule has 0 spiro atoms. The molecule has 0 aliphatic carbocycles. The number of methoxy groups -OCH3 is 1. The molecular weight excluding hydrogens is 186 g/mol. The Kier molecular flexibility index (Phi) is 3.38. The Bertz CT molecular complexity index is 341. The summed E-state index contributed by atoms with van der Waals surface area (Å²) in [6, 6.07) is 4.36. The zero-order chi connectivity index (χ0) is 10.6. The van der Waals surface area contributed by atoms with Crippen molar-refractivity contribution in [2.45, 2.75) is 6.61 Å². The van der Waals surface area contributed by atoms with Crippen molar-refractivity contribution in [1.29, 1.82) is 0 Å². The van der Waals surface area contributed by atoms with Crippen LogP contribution in [-0.2, 0) is 11.3 Å². The zero-order valence-electron chi connectivity index (χ0n) is 7.69. The maximum atomic E-state index is 10.5. The molecule has 14 heavy (non-hydrogen) atoms. The molecule has 0 fully saturated rings. The highest BCUT2D eigenvalue weighted by molar-refractivity contribution is 5.55. The van der Waals surface area contributed by atoms with E-state index < -0.39 is 4.92 Å². The predicted molar refractivity (Wildman–Crippen MR) is 51.6 cm³/mol. The van der Waals surface area contributed by atoms with Crippen LogP contribution in [-0.4, -0.2) is 12.0 Å². The second-order valence-electron chi connectivity index (χ2n) is 2.68. The summed E-state index contributed by atoms with van der Waals surface area (Å²) in [5.74, 6) is 5.23. The number of nitrogens with one attached hydrogen (secondary N) is 1. The highest BCUT2D eigenvalue weighted by Crippen LogP contribution is 2.21. The first-order valence-electron chi connectivity index (χ1n) is 3.92. The van der Waals surface area contributed by atoms with Crippen LogP contribution in [0.4, 0.5) is 11.4 Å². The number of benzene rings is 1. The van der Waals surface area contributed by atoms with E-state index in [-0.39, 0.29) is 12.3 Å². The third kappa shape index (κ3) is 2.18. The first kappa shape index (κ1) is 10.4. The molecular formula is C8H11N3O3. The molecule has 3 N–H and O–H groups in total. The fourth-order valence-corrected chi connectivity index (χ4v) is 1.11. The van der Waals surface area contributed by atoms with Gasteiger partial charge in [-0.2, -0.15) is 0 Å². The molecule has 0 saturated carbocycles. The zero-order valence-corrected chi connectivity index (χ0v) is 7.69. The van der Waals surface area contributed by atoms with Crippen molar-refractivity contribution < 1.29 is 9.66 Å². The lowest BCUT2D eigenvalue weighted by atomic mass is 10.1. The van der Waals surface area contributed by atoms with Crippen LogP contribution in [0, 0.1) is 10.1 Å². The second kappa shape index (κ2) is 4.54. The molecule has 0 unspecified atom stereocenters. The first-order valence-corrected chi connectivity index (χ1v) is 3.92. The lowest BCUT2D eigenvalue weighted by molar-refractivity contribution is -0.384. The van der Waals surface area contributed by atoms with E-state index in [9.17, 15) is 10.1 Å². The van der Waals surface area contributed by atoms with Crippen LogP contribution in [0.5, 0.6) is 0 Å². The van der Waals surface area contributed by atoms with Crippen molar-refractivity contribution in [2.75, 3.05) is 12.5 Å². The minimum Gasteiger partial charge on any atom is -0.380 e. The van der Waals surface area contributed by atoms with Crippen molar-refractivity contribution in [1.82, 2.24) is 0 Å². The van der Waals surface area contributed by atoms with Crippen LogP contribution < -0.4 is 11.3 Å². The van der Waals surface area contributed by atoms with E-state index in [1.54, 1.807) is 6.07 Å². The van der Waals surface area contributed by atoms with Crippen LogP contribution in [0.1, 0.15) is 5.56 Å². The van der Waals surface area contributed by atoms with Gasteiger partial charge in [0.2, 0.25) is 0 Å². The fourth-order valence-electron chi connectivity index (χ4n) is 1.11. The van der Waals surface area contributed by atoms with E-state index in [4.69, 9.17) is 10.6 Å². The van der Waals surface area contributed by atoms with Gasteiger partial charge >= 0.3 is 0 Å². The summed E-state index contributed by atoms with van der Waals surface area (Å²) in [6.45, 7) is 0.279. The van der Waals surface area contributed by atoms with Crippen molar-refractivity contribution in [3.63, 3.8) is 0 Å². The number of nitrogen functional groups attached to an aromatic ring is 1. The summed E-state index contributed by atoms with van der Waals surface area (Å²) in [5.41, 5.74) is 3.75. The molecule has 0 aliphatic heterocycles. The van der Waals surface area contributed by atoms with Gasteiger partial charge in [-0.15, -0.1) is 0 Å². The summed E-state index contributed by atoms with van der Waals surface area (Å²) in [5, 5.41) is 10.5. The molecule has 6 heteroatoms. The monoisotopic (exact) mass is 197 g/mol. The molecule has 1 aromatic rings. The van der Waals surface area contributed by atoms with Gasteiger partial charge in [-0.25, -0.2) is 0 Å². The number of hydrogen-bond donors (Lipinski definition) is 2. The van der Waals surface area contributed by atoms with Crippen molar-refractivity contribution in [3.05, 3.63) is 33.9 Å². The fraction of sp³-hybridized carbons (Fsp3) is 0.250. The number of rotatable bonds is 4. The molecule has 76 valence electrons. The smallest absolute Gasteiger partial charge is 0.269 e. The lowest BCUT2D eigenvalue weighted by Gasteiger charge is -2.07. The van der Waals surface area contributed by atoms with Gasteiger partial charge in [0, 0.05) is 24.8 Å². The van der Waals surface area contributed by atoms with Crippen LogP contribution in [0.3, 0.4) is 0 Å². The maximum Gasteiger partial charge on any atom is 0.269 e. The number of nitro benzene ring substituents is 1. The Morgan fingerprint density at radius 3 is 2.86 bits per heavy atom. The van der Waals surface area contributed by atoms with Gasteiger partial charge in [0.15, 0.2) is 0 Å². The minimum atomic E-state index is -0.459. The van der Waals surface area contributed by atoms with Gasteiger partial charge in [0.25, 0.3) is 5.69 Å². The largest absolute Gasteiger partial charge is 0.380 e. The number of non-ortho nitro benzene ring substituents is 1. The standard InChI is InChI=1S/C8H11N3O3/c1-14-5-6-4-7(11(12)13)2-3-8(6)10-9/h2-4,10H,5,9H2,1H3. The summed E-state index contributed by atoms with van der Waals surface area (Å²) in [4.78, 5) is 10.0. The lowest BCUT2D eigenvalue weighted by Crippen LogP contribution is -2.09. The predicted octanol–water partition coefficient (Wildman–Crippen LogP) is 1.03. The Morgan fingerprint density at radius 2 is 2.36 bits per heavy atom. The molecule has 0 radical (unpaired) electrons. The summed E-state index contributed by atoms with van der Waals surface area (Å²) in [7, 11) is 1.51. The van der Waals surface area contributed by atoms with Gasteiger partial charge in [0.05, 0.1) is 17.2 Å². The number of hydrogen-bond acceptors (Lipinski definition) is 5. The topological polar surface area (TPSA) is 90.4 Å². The molecule has 0 saturated heterocycles. The Hall–Kier alpha value is -1.66. The van der Waals surface area contributed by atoms with Crippen molar-refractivity contribution in [2.24, 2.45) is 5.84 Å². The van der Waals surface area contributed by atoms with E-state index in [0.29, 0.717) is 11.3 Å². The Labute approximate surface area is 80.8 Å². The SMILES string of the molecule is COCc1cc([N+](=O)[O-])ccc1NN. The third-order valence-corrected chi connectivity index (χ3v) is 1.75. The van der Waals surface area contributed by atoms with Gasteiger partial charge in [-0.1, -0.05) is 0 Å². The molecule has 1 aromatic carbocycles. The van der Waals surface area contributed by atoms with E-state index in [0.717, 1.165) is 0 Å². The Balaban J connectivity index is 3.07. The van der Waals surface area contributed by atoms with Crippen LogP contribution in [0.25, 0.3) is 0 Å². The second-order valence-corrected chi connectivity index (χ2v) is 2.68. The van der Waals surface area contributed by atoms with Gasteiger partial charge in [0.1, 0.15) is 0 Å². The summed E-state index contributed by atoms with van der Waals surface area (Å²) < 4.78 is 4.89. The average molecular weight is 197 g/mol. The maximum absolute atomic E-state index is 10.5. The van der Waals surface area contributed by atoms with Gasteiger partial charge < -0.3 is 10.2 Å². The molecule has 0 heterocycles. The first-order chi connectivity index (χ1) is 6.69. The number of anilines is 1. The molecule has 0 bridgehead atoms. The van der Waals surface area contributed by atoms with Gasteiger partial charge in [-0.05, 0) is 6.07 Å². The molecule has 0 aromatic heterocycles. The third-order valence-electron chi connectivity index (χ3n) is 1.75. The highest BCUT2D eigenvalue weighted by Gasteiger charge is 2.09. The normalized spacial score (nSPS) is 9.86. The van der Waals surface area contributed by atoms with Crippen molar-refractivity contribution in [3.8, 4) is 0 Å². The number of nitrogens with two attached hydrogens (primary N) is 1. The minimum absolute atomic E-state index is 0.0241. The molecule has 6 nitrogen and oxygen atoms in total. The van der Waals surface area contributed by atoms with E-state index in [1.165, 1.54) is 19.2 Å². The Morgan fingerprint density at radius 1 is 1.64 bits per heavy atom. The summed E-state index contributed by atoms with van der Waals surface area (Å²) >= 11 is 0. The molecule has 1 rings (SSSR count). The van der Waals surface area contributed by atoms with Crippen LogP contribution in [0.2, 0.25) is 0 Å². The van der Waals surface area contributed by atoms with E-state index in [1.807, 2.05) is 0 Å². The van der Waals surface area contributed by atoms with E-state index in [2.05, 4.69) is 5.43 Å². The number of ether oxygens (including phenoxy) is 1. The van der Waals surface area contributed by atoms with Crippen LogP contribution in [0.15, 0.2) is 18.2 Å². The number of nitro groups is 1. The van der Waals surface area contributed by atoms with Crippen LogP contribution >= 0.6 is 0 Å². The number of nitrogens with zero attached hydrogens (tertiary/aromatic N) is 1. The summed E-state index contributed by atoms with van der Waals surface area (Å²) in [6.07, 6.45) is 0. The van der Waals surface area contributed by atoms with Crippen molar-refractivity contribution >= 4 is 11.4 Å². The highest BCUT2D eigenvalue weighted by atomic mass is 16.6. The molecule has 0 amide bonds. The molecule has 0 atom stereocenters.